The zero-order chi connectivity index (χ0) is 13.8. The topological polar surface area (TPSA) is 18.5 Å². The molecule has 0 bridgehead atoms. The second kappa shape index (κ2) is 5.74. The lowest BCUT2D eigenvalue weighted by molar-refractivity contribution is 0.302. The first-order chi connectivity index (χ1) is 9.10. The van der Waals surface area contributed by atoms with Crippen LogP contribution in [0.2, 0.25) is 0 Å². The summed E-state index contributed by atoms with van der Waals surface area (Å²) in [6, 6.07) is 10.8. The number of benzene rings is 2. The van der Waals surface area contributed by atoms with E-state index in [9.17, 15) is 4.39 Å². The summed E-state index contributed by atoms with van der Waals surface area (Å²) in [4.78, 5) is 0. The number of rotatable bonds is 4. The number of halogens is 1. The number of methoxy groups -OCH3 is 1. The highest BCUT2D eigenvalue weighted by molar-refractivity contribution is 5.36. The molecule has 0 saturated carbocycles. The lowest BCUT2D eigenvalue weighted by Gasteiger charge is -2.10. The molecule has 0 aliphatic rings. The van der Waals surface area contributed by atoms with Gasteiger partial charge in [0, 0.05) is 0 Å². The summed E-state index contributed by atoms with van der Waals surface area (Å²) < 4.78 is 24.1. The molecule has 0 atom stereocenters. The van der Waals surface area contributed by atoms with Gasteiger partial charge in [0.25, 0.3) is 0 Å². The first-order valence-electron chi connectivity index (χ1n) is 6.12. The monoisotopic (exact) mass is 260 g/mol. The van der Waals surface area contributed by atoms with Crippen LogP contribution in [0.4, 0.5) is 4.39 Å². The Morgan fingerprint density at radius 2 is 1.74 bits per heavy atom. The molecule has 0 saturated heterocycles. The zero-order valence-electron chi connectivity index (χ0n) is 11.4. The maximum Gasteiger partial charge on any atom is 0.165 e. The fraction of sp³-hybridized carbons (Fsp3) is 0.250. The molecular weight excluding hydrogens is 243 g/mol. The molecule has 0 aliphatic carbocycles. The summed E-state index contributed by atoms with van der Waals surface area (Å²) >= 11 is 0. The van der Waals surface area contributed by atoms with E-state index in [1.165, 1.54) is 18.7 Å². The van der Waals surface area contributed by atoms with Gasteiger partial charge in [0.05, 0.1) is 7.11 Å². The maximum absolute atomic E-state index is 13.5. The Bertz CT molecular complexity index is 579. The third-order valence-corrected chi connectivity index (χ3v) is 2.94. The second-order valence-corrected chi connectivity index (χ2v) is 4.53. The van der Waals surface area contributed by atoms with Crippen molar-refractivity contribution in [1.29, 1.82) is 0 Å². The molecular formula is C16H17FO2. The predicted octanol–water partition coefficient (Wildman–Crippen LogP) is 4.03. The molecule has 0 unspecified atom stereocenters. The van der Waals surface area contributed by atoms with Crippen LogP contribution in [-0.2, 0) is 6.61 Å². The highest BCUT2D eigenvalue weighted by atomic mass is 19.1. The Morgan fingerprint density at radius 1 is 1.00 bits per heavy atom. The van der Waals surface area contributed by atoms with Gasteiger partial charge in [0.2, 0.25) is 0 Å². The van der Waals surface area contributed by atoms with Gasteiger partial charge in [-0.05, 0) is 43.2 Å². The average Bonchev–Trinajstić information content (AvgIpc) is 2.38. The van der Waals surface area contributed by atoms with Gasteiger partial charge in [-0.15, -0.1) is 0 Å². The van der Waals surface area contributed by atoms with Gasteiger partial charge in [-0.25, -0.2) is 4.39 Å². The van der Waals surface area contributed by atoms with Crippen LogP contribution in [0.1, 0.15) is 16.7 Å². The Hall–Kier alpha value is -2.03. The van der Waals surface area contributed by atoms with Crippen LogP contribution < -0.4 is 9.47 Å². The molecule has 0 fully saturated rings. The molecule has 2 rings (SSSR count). The summed E-state index contributed by atoms with van der Waals surface area (Å²) in [6.45, 7) is 4.37. The van der Waals surface area contributed by atoms with Crippen LogP contribution in [0.3, 0.4) is 0 Å². The van der Waals surface area contributed by atoms with Crippen molar-refractivity contribution in [2.75, 3.05) is 7.11 Å². The van der Waals surface area contributed by atoms with Gasteiger partial charge >= 0.3 is 0 Å². The first-order valence-corrected chi connectivity index (χ1v) is 6.12. The van der Waals surface area contributed by atoms with Crippen LogP contribution in [0.5, 0.6) is 11.5 Å². The molecule has 0 aliphatic heterocycles. The first kappa shape index (κ1) is 13.4. The van der Waals surface area contributed by atoms with Gasteiger partial charge in [-0.1, -0.05) is 23.8 Å². The van der Waals surface area contributed by atoms with E-state index in [1.807, 2.05) is 26.0 Å². The van der Waals surface area contributed by atoms with Gasteiger partial charge in [0.15, 0.2) is 11.6 Å². The Kier molecular flexibility index (Phi) is 4.05. The van der Waals surface area contributed by atoms with Crippen molar-refractivity contribution in [3.8, 4) is 11.5 Å². The molecule has 2 aromatic rings. The third-order valence-electron chi connectivity index (χ3n) is 2.94. The van der Waals surface area contributed by atoms with E-state index in [-0.39, 0.29) is 11.6 Å². The molecule has 100 valence electrons. The number of hydrogen-bond acceptors (Lipinski definition) is 2. The van der Waals surface area contributed by atoms with Gasteiger partial charge < -0.3 is 9.47 Å². The lowest BCUT2D eigenvalue weighted by atomic mass is 10.1. The van der Waals surface area contributed by atoms with E-state index in [2.05, 4.69) is 6.07 Å². The normalized spacial score (nSPS) is 10.3. The molecule has 2 nitrogen and oxygen atoms in total. The van der Waals surface area contributed by atoms with Crippen molar-refractivity contribution in [2.24, 2.45) is 0 Å². The average molecular weight is 260 g/mol. The highest BCUT2D eigenvalue weighted by Gasteiger charge is 2.05. The van der Waals surface area contributed by atoms with Crippen molar-refractivity contribution in [3.63, 3.8) is 0 Å². The number of hydrogen-bond donors (Lipinski definition) is 0. The van der Waals surface area contributed by atoms with Gasteiger partial charge in [-0.2, -0.15) is 0 Å². The van der Waals surface area contributed by atoms with Crippen LogP contribution in [-0.4, -0.2) is 7.11 Å². The summed E-state index contributed by atoms with van der Waals surface area (Å²) in [5, 5.41) is 0. The van der Waals surface area contributed by atoms with E-state index in [1.54, 1.807) is 12.1 Å². The molecule has 3 heteroatoms. The standard InChI is InChI=1S/C16H17FO2/c1-11-4-6-15(12(2)8-11)19-10-13-5-7-16(18-3)14(17)9-13/h4-9H,10H2,1-3H3. The van der Waals surface area contributed by atoms with E-state index in [0.717, 1.165) is 16.9 Å². The van der Waals surface area contributed by atoms with Crippen molar-refractivity contribution in [3.05, 3.63) is 58.9 Å². The molecule has 0 radical (unpaired) electrons. The van der Waals surface area contributed by atoms with Crippen LogP contribution in [0, 0.1) is 19.7 Å². The zero-order valence-corrected chi connectivity index (χ0v) is 11.4. The minimum atomic E-state index is -0.371. The fourth-order valence-corrected chi connectivity index (χ4v) is 1.92. The second-order valence-electron chi connectivity index (χ2n) is 4.53. The van der Waals surface area contributed by atoms with Gasteiger partial charge in [-0.3, -0.25) is 0 Å². The van der Waals surface area contributed by atoms with E-state index in [4.69, 9.17) is 9.47 Å². The smallest absolute Gasteiger partial charge is 0.165 e. The maximum atomic E-state index is 13.5. The minimum Gasteiger partial charge on any atom is -0.494 e. The predicted molar refractivity (Wildman–Crippen MR) is 73.2 cm³/mol. The minimum absolute atomic E-state index is 0.246. The molecule has 19 heavy (non-hydrogen) atoms. The summed E-state index contributed by atoms with van der Waals surface area (Å²) in [5.74, 6) is 0.696. The third kappa shape index (κ3) is 3.25. The Labute approximate surface area is 112 Å². The molecule has 0 amide bonds. The molecule has 0 heterocycles. The van der Waals surface area contributed by atoms with Crippen LogP contribution in [0.15, 0.2) is 36.4 Å². The van der Waals surface area contributed by atoms with Crippen LogP contribution >= 0.6 is 0 Å². The highest BCUT2D eigenvalue weighted by Crippen LogP contribution is 2.22. The van der Waals surface area contributed by atoms with Crippen molar-refractivity contribution in [2.45, 2.75) is 20.5 Å². The SMILES string of the molecule is COc1ccc(COc2ccc(C)cc2C)cc1F. The quantitative estimate of drug-likeness (QED) is 0.826. The Morgan fingerprint density at radius 3 is 2.37 bits per heavy atom. The summed E-state index contributed by atoms with van der Waals surface area (Å²) in [5.41, 5.74) is 3.05. The number of aryl methyl sites for hydroxylation is 2. The summed E-state index contributed by atoms with van der Waals surface area (Å²) in [6.07, 6.45) is 0. The van der Waals surface area contributed by atoms with Crippen molar-refractivity contribution < 1.29 is 13.9 Å². The molecule has 0 spiro atoms. The van der Waals surface area contributed by atoms with E-state index in [0.29, 0.717) is 6.61 Å². The fourth-order valence-electron chi connectivity index (χ4n) is 1.92. The van der Waals surface area contributed by atoms with Gasteiger partial charge in [0.1, 0.15) is 12.4 Å². The largest absolute Gasteiger partial charge is 0.494 e. The molecule has 0 aromatic heterocycles. The molecule has 0 N–H and O–H groups in total. The van der Waals surface area contributed by atoms with E-state index < -0.39 is 0 Å². The lowest BCUT2D eigenvalue weighted by Crippen LogP contribution is -1.98. The van der Waals surface area contributed by atoms with Crippen molar-refractivity contribution >= 4 is 0 Å². The molecule has 2 aromatic carbocycles. The van der Waals surface area contributed by atoms with E-state index >= 15 is 0 Å². The number of ether oxygens (including phenoxy) is 2. The Balaban J connectivity index is 2.08. The van der Waals surface area contributed by atoms with Crippen LogP contribution in [0.25, 0.3) is 0 Å². The summed E-state index contributed by atoms with van der Waals surface area (Å²) in [7, 11) is 1.45. The van der Waals surface area contributed by atoms with Crippen molar-refractivity contribution in [1.82, 2.24) is 0 Å².